The summed E-state index contributed by atoms with van der Waals surface area (Å²) in [6, 6.07) is 8.26. The maximum atomic E-state index is 12.6. The van der Waals surface area contributed by atoms with E-state index in [0.29, 0.717) is 11.2 Å². The Kier molecular flexibility index (Phi) is 5.17. The third kappa shape index (κ3) is 3.67. The molecule has 1 aliphatic rings. The highest BCUT2D eigenvalue weighted by molar-refractivity contribution is 6.28. The van der Waals surface area contributed by atoms with Crippen molar-refractivity contribution in [1.29, 1.82) is 0 Å². The Bertz CT molecular complexity index is 992. The van der Waals surface area contributed by atoms with Crippen molar-refractivity contribution in [3.05, 3.63) is 41.4 Å². The van der Waals surface area contributed by atoms with E-state index in [1.807, 2.05) is 16.7 Å². The third-order valence-corrected chi connectivity index (χ3v) is 5.68. The Labute approximate surface area is 168 Å². The van der Waals surface area contributed by atoms with Crippen LogP contribution in [-0.2, 0) is 11.2 Å². The molecule has 2 heterocycles. The number of anilines is 2. The molecular formula is C20H23ClN6O. The molecule has 0 bridgehead atoms. The number of nitrogens with two attached hydrogens (primary N) is 1. The lowest BCUT2D eigenvalue weighted by molar-refractivity contribution is -0.120. The molecule has 1 aromatic carbocycles. The van der Waals surface area contributed by atoms with Crippen LogP contribution in [0.1, 0.15) is 44.2 Å². The minimum Gasteiger partial charge on any atom is -0.382 e. The van der Waals surface area contributed by atoms with Crippen LogP contribution in [0.15, 0.2) is 30.6 Å². The first kappa shape index (κ1) is 18.7. The summed E-state index contributed by atoms with van der Waals surface area (Å²) < 4.78 is 2.01. The van der Waals surface area contributed by atoms with Crippen molar-refractivity contribution < 1.29 is 4.79 Å². The van der Waals surface area contributed by atoms with Crippen LogP contribution in [0, 0.1) is 5.92 Å². The molecule has 0 aliphatic heterocycles. The Morgan fingerprint density at radius 3 is 2.61 bits per heavy atom. The molecule has 3 aromatic rings. The van der Waals surface area contributed by atoms with Crippen molar-refractivity contribution >= 4 is 40.2 Å². The summed E-state index contributed by atoms with van der Waals surface area (Å²) >= 11 is 5.96. The Balaban J connectivity index is 1.41. The molecule has 0 saturated heterocycles. The van der Waals surface area contributed by atoms with Gasteiger partial charge in [-0.3, -0.25) is 4.79 Å². The lowest BCUT2D eigenvalue weighted by Crippen LogP contribution is -2.28. The SMILES string of the molecule is CCc1ccc(NC(=O)C2CCC(n3cnc4c(N)nc(Cl)nc43)CC2)cc1. The quantitative estimate of drug-likeness (QED) is 0.647. The zero-order valence-electron chi connectivity index (χ0n) is 15.7. The van der Waals surface area contributed by atoms with Gasteiger partial charge in [0.25, 0.3) is 0 Å². The minimum atomic E-state index is 0.0140. The fourth-order valence-electron chi connectivity index (χ4n) is 3.86. The number of rotatable bonds is 4. The second-order valence-electron chi connectivity index (χ2n) is 7.25. The number of carbonyl (C=O) groups is 1. The number of nitrogen functional groups attached to an aromatic ring is 1. The van der Waals surface area contributed by atoms with Crippen molar-refractivity contribution in [2.24, 2.45) is 5.92 Å². The van der Waals surface area contributed by atoms with E-state index >= 15 is 0 Å². The molecule has 8 heteroatoms. The number of aryl methyl sites for hydroxylation is 1. The highest BCUT2D eigenvalue weighted by atomic mass is 35.5. The topological polar surface area (TPSA) is 98.7 Å². The molecule has 3 N–H and O–H groups in total. The van der Waals surface area contributed by atoms with Gasteiger partial charge in [-0.1, -0.05) is 19.1 Å². The van der Waals surface area contributed by atoms with E-state index in [1.165, 1.54) is 5.56 Å². The number of amides is 1. The summed E-state index contributed by atoms with van der Waals surface area (Å²) in [6.45, 7) is 2.11. The first-order valence-electron chi connectivity index (χ1n) is 9.60. The molecule has 4 rings (SSSR count). The van der Waals surface area contributed by atoms with Gasteiger partial charge in [-0.2, -0.15) is 9.97 Å². The molecule has 146 valence electrons. The number of nitrogens with one attached hydrogen (secondary N) is 1. The monoisotopic (exact) mass is 398 g/mol. The Hall–Kier alpha value is -2.67. The number of aromatic nitrogens is 4. The minimum absolute atomic E-state index is 0.0140. The van der Waals surface area contributed by atoms with Crippen molar-refractivity contribution in [3.8, 4) is 0 Å². The van der Waals surface area contributed by atoms with Gasteiger partial charge in [-0.15, -0.1) is 0 Å². The number of fused-ring (bicyclic) bond motifs is 1. The summed E-state index contributed by atoms with van der Waals surface area (Å²) in [5.41, 5.74) is 9.23. The second kappa shape index (κ2) is 7.75. The molecule has 28 heavy (non-hydrogen) atoms. The maximum absolute atomic E-state index is 12.6. The fourth-order valence-corrected chi connectivity index (χ4v) is 4.03. The number of halogens is 1. The Morgan fingerprint density at radius 1 is 1.21 bits per heavy atom. The van der Waals surface area contributed by atoms with E-state index in [0.717, 1.165) is 37.8 Å². The zero-order chi connectivity index (χ0) is 19.7. The number of carbonyl (C=O) groups excluding carboxylic acids is 1. The lowest BCUT2D eigenvalue weighted by atomic mass is 9.85. The van der Waals surface area contributed by atoms with E-state index in [9.17, 15) is 4.79 Å². The predicted molar refractivity (Wildman–Crippen MR) is 110 cm³/mol. The van der Waals surface area contributed by atoms with E-state index in [1.54, 1.807) is 6.33 Å². The summed E-state index contributed by atoms with van der Waals surface area (Å²) in [4.78, 5) is 25.2. The molecule has 1 amide bonds. The van der Waals surface area contributed by atoms with Gasteiger partial charge >= 0.3 is 0 Å². The van der Waals surface area contributed by atoms with Crippen LogP contribution in [0.2, 0.25) is 5.28 Å². The first-order chi connectivity index (χ1) is 13.5. The normalized spacial score (nSPS) is 19.6. The molecule has 1 aliphatic carbocycles. The highest BCUT2D eigenvalue weighted by Gasteiger charge is 2.28. The van der Waals surface area contributed by atoms with Crippen LogP contribution in [0.5, 0.6) is 0 Å². The molecule has 0 spiro atoms. The van der Waals surface area contributed by atoms with Gasteiger partial charge < -0.3 is 15.6 Å². The summed E-state index contributed by atoms with van der Waals surface area (Å²) in [6.07, 6.45) is 6.12. The van der Waals surface area contributed by atoms with Crippen LogP contribution in [0.4, 0.5) is 11.5 Å². The van der Waals surface area contributed by atoms with Gasteiger partial charge in [0.2, 0.25) is 11.2 Å². The molecule has 0 atom stereocenters. The summed E-state index contributed by atoms with van der Waals surface area (Å²) in [5.74, 6) is 0.392. The van der Waals surface area contributed by atoms with Crippen molar-refractivity contribution in [2.45, 2.75) is 45.1 Å². The largest absolute Gasteiger partial charge is 0.382 e. The standard InChI is InChI=1S/C20H23ClN6O/c1-2-12-3-7-14(8-4-12)24-19(28)13-5-9-15(10-6-13)27-11-23-16-17(22)25-20(21)26-18(16)27/h3-4,7-8,11,13,15H,2,5-6,9-10H2,1H3,(H,24,28)(H2,22,25,26). The maximum Gasteiger partial charge on any atom is 0.227 e. The third-order valence-electron chi connectivity index (χ3n) is 5.51. The molecule has 1 saturated carbocycles. The number of hydrogen-bond donors (Lipinski definition) is 2. The molecule has 7 nitrogen and oxygen atoms in total. The van der Waals surface area contributed by atoms with E-state index in [2.05, 4.69) is 39.3 Å². The molecule has 0 radical (unpaired) electrons. The number of nitrogens with zero attached hydrogens (tertiary/aromatic N) is 4. The van der Waals surface area contributed by atoms with Crippen molar-refractivity contribution in [1.82, 2.24) is 19.5 Å². The van der Waals surface area contributed by atoms with Crippen LogP contribution in [-0.4, -0.2) is 25.4 Å². The number of benzene rings is 1. The molecule has 0 unspecified atom stereocenters. The van der Waals surface area contributed by atoms with Crippen LogP contribution < -0.4 is 11.1 Å². The lowest BCUT2D eigenvalue weighted by Gasteiger charge is -2.28. The summed E-state index contributed by atoms with van der Waals surface area (Å²) in [7, 11) is 0. The first-order valence-corrected chi connectivity index (χ1v) is 9.98. The molecular weight excluding hydrogens is 376 g/mol. The second-order valence-corrected chi connectivity index (χ2v) is 7.59. The predicted octanol–water partition coefficient (Wildman–Crippen LogP) is 3.99. The van der Waals surface area contributed by atoms with Crippen molar-refractivity contribution in [3.63, 3.8) is 0 Å². The van der Waals surface area contributed by atoms with E-state index in [-0.39, 0.29) is 29.0 Å². The number of imidazole rings is 1. The average Bonchev–Trinajstić information content (AvgIpc) is 3.13. The van der Waals surface area contributed by atoms with E-state index < -0.39 is 0 Å². The van der Waals surface area contributed by atoms with Gasteiger partial charge in [0.05, 0.1) is 6.33 Å². The smallest absolute Gasteiger partial charge is 0.227 e. The molecule has 2 aromatic heterocycles. The number of hydrogen-bond acceptors (Lipinski definition) is 5. The van der Waals surface area contributed by atoms with Crippen molar-refractivity contribution in [2.75, 3.05) is 11.1 Å². The van der Waals surface area contributed by atoms with Gasteiger partial charge in [0.1, 0.15) is 5.52 Å². The van der Waals surface area contributed by atoms with E-state index in [4.69, 9.17) is 17.3 Å². The van der Waals surface area contributed by atoms with Crippen LogP contribution in [0.25, 0.3) is 11.2 Å². The highest BCUT2D eigenvalue weighted by Crippen LogP contribution is 2.35. The Morgan fingerprint density at radius 2 is 1.93 bits per heavy atom. The van der Waals surface area contributed by atoms with Crippen LogP contribution in [0.3, 0.4) is 0 Å². The fraction of sp³-hybridized carbons (Fsp3) is 0.400. The van der Waals surface area contributed by atoms with Gasteiger partial charge in [0, 0.05) is 17.6 Å². The zero-order valence-corrected chi connectivity index (χ0v) is 16.5. The van der Waals surface area contributed by atoms with Crippen LogP contribution >= 0.6 is 11.6 Å². The van der Waals surface area contributed by atoms with Gasteiger partial charge in [-0.05, 0) is 61.4 Å². The van der Waals surface area contributed by atoms with Gasteiger partial charge in [0.15, 0.2) is 11.5 Å². The average molecular weight is 399 g/mol. The van der Waals surface area contributed by atoms with Gasteiger partial charge in [-0.25, -0.2) is 4.98 Å². The molecule has 1 fully saturated rings. The summed E-state index contributed by atoms with van der Waals surface area (Å²) in [5, 5.41) is 3.16.